The summed E-state index contributed by atoms with van der Waals surface area (Å²) in [6, 6.07) is 16.3. The second kappa shape index (κ2) is 7.67. The van der Waals surface area contributed by atoms with Gasteiger partial charge in [-0.3, -0.25) is 4.79 Å². The zero-order valence-corrected chi connectivity index (χ0v) is 16.3. The lowest BCUT2D eigenvalue weighted by molar-refractivity contribution is -0.130. The van der Waals surface area contributed by atoms with Crippen LogP contribution in [-0.4, -0.2) is 18.6 Å². The predicted molar refractivity (Wildman–Crippen MR) is 109 cm³/mol. The molecule has 0 radical (unpaired) electrons. The van der Waals surface area contributed by atoms with Crippen molar-refractivity contribution in [2.45, 2.75) is 59.0 Å². The number of anilines is 1. The van der Waals surface area contributed by atoms with Gasteiger partial charge in [0.25, 0.3) is 0 Å². The second-order valence-corrected chi connectivity index (χ2v) is 7.25. The van der Waals surface area contributed by atoms with Gasteiger partial charge in [-0.15, -0.1) is 0 Å². The fraction of sp³-hybridized carbons (Fsp3) is 0.409. The van der Waals surface area contributed by atoms with Gasteiger partial charge in [0.2, 0.25) is 5.91 Å². The molecule has 3 rings (SSSR count). The van der Waals surface area contributed by atoms with Crippen LogP contribution < -0.4 is 10.3 Å². The molecule has 1 aliphatic heterocycles. The van der Waals surface area contributed by atoms with Crippen LogP contribution in [0.3, 0.4) is 0 Å². The van der Waals surface area contributed by atoms with Crippen LogP contribution in [0, 0.1) is 13.8 Å². The normalized spacial score (nSPS) is 20.1. The maximum Gasteiger partial charge on any atom is 0.459 e. The van der Waals surface area contributed by atoms with Crippen LogP contribution in [0.2, 0.25) is 0 Å². The van der Waals surface area contributed by atoms with Crippen molar-refractivity contribution in [2.75, 3.05) is 4.81 Å². The van der Waals surface area contributed by atoms with E-state index in [-0.39, 0.29) is 13.0 Å². The molecular formula is C22H28BNO2. The van der Waals surface area contributed by atoms with E-state index in [0.29, 0.717) is 6.42 Å². The number of nitrogens with zero attached hydrogens (tertiary/aromatic N) is 1. The predicted octanol–water partition coefficient (Wildman–Crippen LogP) is 4.40. The van der Waals surface area contributed by atoms with E-state index in [2.05, 4.69) is 39.8 Å². The van der Waals surface area contributed by atoms with Crippen LogP contribution in [0.1, 0.15) is 50.7 Å². The largest absolute Gasteiger partial charge is 0.459 e. The summed E-state index contributed by atoms with van der Waals surface area (Å²) < 4.78 is 6.55. The van der Waals surface area contributed by atoms with Gasteiger partial charge in [0.1, 0.15) is 5.60 Å². The summed E-state index contributed by atoms with van der Waals surface area (Å²) in [6.45, 7) is 8.34. The van der Waals surface area contributed by atoms with Gasteiger partial charge in [0, 0.05) is 5.69 Å². The Morgan fingerprint density at radius 3 is 2.23 bits per heavy atom. The van der Waals surface area contributed by atoms with E-state index in [4.69, 9.17) is 4.65 Å². The third-order valence-corrected chi connectivity index (χ3v) is 5.45. The molecule has 0 N–H and O–H groups in total. The average Bonchev–Trinajstić information content (AvgIpc) is 2.94. The molecular weight excluding hydrogens is 321 g/mol. The maximum absolute atomic E-state index is 13.7. The minimum absolute atomic E-state index is 0.0969. The minimum Gasteiger partial charge on any atom is -0.398 e. The number of hydrogen-bond acceptors (Lipinski definition) is 2. The van der Waals surface area contributed by atoms with Gasteiger partial charge in [-0.1, -0.05) is 75.2 Å². The van der Waals surface area contributed by atoms with Gasteiger partial charge in [-0.2, -0.15) is 0 Å². The first-order valence-electron chi connectivity index (χ1n) is 9.66. The molecule has 1 fully saturated rings. The van der Waals surface area contributed by atoms with Gasteiger partial charge in [0.05, 0.1) is 0 Å². The molecule has 1 atom stereocenters. The summed E-state index contributed by atoms with van der Waals surface area (Å²) in [4.78, 5) is 15.6. The van der Waals surface area contributed by atoms with E-state index in [1.54, 1.807) is 0 Å². The van der Waals surface area contributed by atoms with Gasteiger partial charge in [0.15, 0.2) is 0 Å². The van der Waals surface area contributed by atoms with Gasteiger partial charge in [-0.05, 0) is 43.3 Å². The maximum atomic E-state index is 13.7. The number of carbonyl (C=O) groups is 1. The third-order valence-electron chi connectivity index (χ3n) is 5.45. The SMILES string of the molecule is CCCCC1(CC)OB(c2ccccc2)N(c2c(C)cccc2C)C1=O. The Kier molecular flexibility index (Phi) is 5.52. The number of benzene rings is 2. The van der Waals surface area contributed by atoms with E-state index in [9.17, 15) is 4.79 Å². The first-order chi connectivity index (χ1) is 12.5. The summed E-state index contributed by atoms with van der Waals surface area (Å²) in [5, 5.41) is 0. The van der Waals surface area contributed by atoms with Crippen molar-refractivity contribution in [3.8, 4) is 0 Å². The van der Waals surface area contributed by atoms with Crippen molar-refractivity contribution in [1.82, 2.24) is 0 Å². The summed E-state index contributed by atoms with van der Waals surface area (Å²) in [7, 11) is -0.375. The summed E-state index contributed by atoms with van der Waals surface area (Å²) >= 11 is 0. The molecule has 0 spiro atoms. The fourth-order valence-corrected chi connectivity index (χ4v) is 3.92. The van der Waals surface area contributed by atoms with Crippen molar-refractivity contribution >= 4 is 24.1 Å². The Hall–Kier alpha value is -2.07. The van der Waals surface area contributed by atoms with Gasteiger partial charge < -0.3 is 9.47 Å². The molecule has 0 bridgehead atoms. The first-order valence-corrected chi connectivity index (χ1v) is 9.66. The highest BCUT2D eigenvalue weighted by Crippen LogP contribution is 2.38. The smallest absolute Gasteiger partial charge is 0.398 e. The standard InChI is InChI=1S/C22H28BNO2/c1-5-7-16-22(6-2)21(25)24(20-17(3)12-11-13-18(20)4)23(26-22)19-14-9-8-10-15-19/h8-15H,5-7,16H2,1-4H3. The molecule has 1 saturated heterocycles. The highest BCUT2D eigenvalue weighted by atomic mass is 16.5. The second-order valence-electron chi connectivity index (χ2n) is 7.25. The van der Waals surface area contributed by atoms with Crippen LogP contribution in [-0.2, 0) is 9.45 Å². The van der Waals surface area contributed by atoms with Gasteiger partial charge in [-0.25, -0.2) is 0 Å². The zero-order valence-electron chi connectivity index (χ0n) is 16.3. The Bertz CT molecular complexity index is 757. The molecule has 0 saturated carbocycles. The number of carbonyl (C=O) groups excluding carboxylic acids is 1. The first kappa shape index (κ1) is 18.7. The molecule has 136 valence electrons. The van der Waals surface area contributed by atoms with Crippen LogP contribution in [0.15, 0.2) is 48.5 Å². The molecule has 2 aromatic carbocycles. The average molecular weight is 349 g/mol. The third kappa shape index (κ3) is 3.19. The zero-order chi connectivity index (χ0) is 18.7. The Labute approximate surface area is 157 Å². The topological polar surface area (TPSA) is 29.5 Å². The lowest BCUT2D eigenvalue weighted by Gasteiger charge is -2.27. The Morgan fingerprint density at radius 1 is 1.00 bits per heavy atom. The monoisotopic (exact) mass is 349 g/mol. The Morgan fingerprint density at radius 2 is 1.65 bits per heavy atom. The van der Waals surface area contributed by atoms with Crippen molar-refractivity contribution < 1.29 is 9.45 Å². The molecule has 0 aromatic heterocycles. The number of hydrogen-bond donors (Lipinski definition) is 0. The molecule has 3 nitrogen and oxygen atoms in total. The number of rotatable bonds is 6. The van der Waals surface area contributed by atoms with E-state index in [0.717, 1.165) is 41.5 Å². The molecule has 1 heterocycles. The van der Waals surface area contributed by atoms with E-state index < -0.39 is 5.60 Å². The number of unbranched alkanes of at least 4 members (excludes halogenated alkanes) is 1. The van der Waals surface area contributed by atoms with Crippen LogP contribution >= 0.6 is 0 Å². The highest BCUT2D eigenvalue weighted by molar-refractivity contribution is 6.77. The molecule has 1 amide bonds. The molecule has 1 aliphatic rings. The lowest BCUT2D eigenvalue weighted by Crippen LogP contribution is -2.47. The van der Waals surface area contributed by atoms with Crippen molar-refractivity contribution in [1.29, 1.82) is 0 Å². The summed E-state index contributed by atoms with van der Waals surface area (Å²) in [5.74, 6) is 0.0969. The molecule has 0 aliphatic carbocycles. The quantitative estimate of drug-likeness (QED) is 0.724. The number of aryl methyl sites for hydroxylation is 2. The molecule has 2 aromatic rings. The Balaban J connectivity index is 2.13. The summed E-state index contributed by atoms with van der Waals surface area (Å²) in [5.41, 5.74) is 3.48. The van der Waals surface area contributed by atoms with E-state index in [1.165, 1.54) is 0 Å². The molecule has 1 unspecified atom stereocenters. The highest BCUT2D eigenvalue weighted by Gasteiger charge is 2.55. The van der Waals surface area contributed by atoms with E-state index >= 15 is 0 Å². The molecule has 26 heavy (non-hydrogen) atoms. The molecule has 4 heteroatoms. The van der Waals surface area contributed by atoms with Crippen molar-refractivity contribution in [2.24, 2.45) is 0 Å². The number of amides is 1. The van der Waals surface area contributed by atoms with Crippen LogP contribution in [0.5, 0.6) is 0 Å². The van der Waals surface area contributed by atoms with Crippen molar-refractivity contribution in [3.05, 3.63) is 59.7 Å². The van der Waals surface area contributed by atoms with E-state index in [1.807, 2.05) is 41.2 Å². The van der Waals surface area contributed by atoms with Gasteiger partial charge >= 0.3 is 7.05 Å². The fourth-order valence-electron chi connectivity index (χ4n) is 3.92. The van der Waals surface area contributed by atoms with Crippen LogP contribution in [0.4, 0.5) is 5.69 Å². The lowest BCUT2D eigenvalue weighted by atomic mass is 9.71. The van der Waals surface area contributed by atoms with Crippen molar-refractivity contribution in [3.63, 3.8) is 0 Å². The summed E-state index contributed by atoms with van der Waals surface area (Å²) in [6.07, 6.45) is 3.50. The van der Waals surface area contributed by atoms with Crippen LogP contribution in [0.25, 0.3) is 0 Å². The number of para-hydroxylation sites is 1. The minimum atomic E-state index is -0.731.